The first-order valence-corrected chi connectivity index (χ1v) is 10.6. The van der Waals surface area contributed by atoms with Gasteiger partial charge in [0.1, 0.15) is 0 Å². The molecule has 0 saturated carbocycles. The summed E-state index contributed by atoms with van der Waals surface area (Å²) in [4.78, 5) is 15.2. The van der Waals surface area contributed by atoms with E-state index in [4.69, 9.17) is 19.8 Å². The minimum absolute atomic E-state index is 0.0561. The van der Waals surface area contributed by atoms with Crippen LogP contribution in [0.1, 0.15) is 47.9 Å². The van der Waals surface area contributed by atoms with Crippen molar-refractivity contribution in [2.45, 2.75) is 38.8 Å². The van der Waals surface area contributed by atoms with Crippen LogP contribution in [0.4, 0.5) is 5.82 Å². The van der Waals surface area contributed by atoms with Gasteiger partial charge in [0.2, 0.25) is 18.4 Å². The van der Waals surface area contributed by atoms with Gasteiger partial charge in [-0.05, 0) is 60.4 Å². The number of nitrogen functional groups attached to an aromatic ring is 1. The Kier molecular flexibility index (Phi) is 5.60. The number of carbonyl (C=O) groups excluding carboxylic acids is 1. The fraction of sp³-hybridized carbons (Fsp3) is 0.400. The first-order chi connectivity index (χ1) is 16.1. The van der Waals surface area contributed by atoms with Gasteiger partial charge in [-0.2, -0.15) is 9.78 Å². The summed E-state index contributed by atoms with van der Waals surface area (Å²) < 4.78 is 16.8. The maximum atomic E-state index is 12.9. The zero-order valence-electron chi connectivity index (χ0n) is 18.0. The third-order valence-electron chi connectivity index (χ3n) is 5.74. The molecule has 0 aliphatic carbocycles. The van der Waals surface area contributed by atoms with Crippen LogP contribution in [0.5, 0.6) is 11.5 Å². The third-order valence-corrected chi connectivity index (χ3v) is 5.74. The lowest BCUT2D eigenvalue weighted by Crippen LogP contribution is -2.38. The number of aromatic nitrogens is 5. The van der Waals surface area contributed by atoms with Crippen LogP contribution < -0.4 is 20.6 Å². The molecule has 1 amide bonds. The van der Waals surface area contributed by atoms with Crippen molar-refractivity contribution >= 4 is 17.9 Å². The Bertz CT molecular complexity index is 1190. The molecule has 5 rings (SSSR count). The molecule has 13 nitrogen and oxygen atoms in total. The summed E-state index contributed by atoms with van der Waals surface area (Å²) in [5.74, 6) is 1.04. The van der Waals surface area contributed by atoms with Gasteiger partial charge in [0, 0.05) is 12.6 Å². The Morgan fingerprint density at radius 1 is 1.30 bits per heavy atom. The van der Waals surface area contributed by atoms with Gasteiger partial charge in [-0.3, -0.25) is 9.69 Å². The molecule has 2 aromatic heterocycles. The summed E-state index contributed by atoms with van der Waals surface area (Å²) in [6.45, 7) is 3.69. The van der Waals surface area contributed by atoms with Crippen molar-refractivity contribution in [3.05, 3.63) is 35.2 Å². The van der Waals surface area contributed by atoms with Crippen molar-refractivity contribution in [3.8, 4) is 17.3 Å². The molecule has 3 aromatic rings. The molecule has 0 spiro atoms. The van der Waals surface area contributed by atoms with Crippen LogP contribution in [0.15, 0.2) is 27.9 Å². The quantitative estimate of drug-likeness (QED) is 0.409. The molecule has 0 radical (unpaired) electrons. The number of amides is 1. The molecule has 0 unspecified atom stereocenters. The Morgan fingerprint density at radius 3 is 3.00 bits per heavy atom. The van der Waals surface area contributed by atoms with E-state index in [2.05, 4.69) is 43.0 Å². The van der Waals surface area contributed by atoms with Crippen LogP contribution in [0.25, 0.3) is 5.82 Å². The van der Waals surface area contributed by atoms with E-state index in [1.165, 1.54) is 17.3 Å². The van der Waals surface area contributed by atoms with Crippen molar-refractivity contribution in [2.24, 2.45) is 5.10 Å². The number of nitrogens with one attached hydrogen (secondary N) is 1. The zero-order valence-corrected chi connectivity index (χ0v) is 18.0. The maximum absolute atomic E-state index is 12.9. The minimum Gasteiger partial charge on any atom is -0.454 e. The number of ether oxygens (including phenoxy) is 2. The van der Waals surface area contributed by atoms with Crippen molar-refractivity contribution in [1.82, 2.24) is 35.6 Å². The topological polar surface area (TPSA) is 159 Å². The highest BCUT2D eigenvalue weighted by atomic mass is 16.7. The second-order valence-corrected chi connectivity index (χ2v) is 7.90. The number of likely N-dealkylation sites (tertiary alicyclic amines) is 1. The number of carbonyl (C=O) groups is 1. The SMILES string of the molecule is C[C@@H]1CCCCN1Cc1c(C(=O)N/N=C/c2ccc3c(c2)OCO3)nnn1-c1nonc1N. The molecule has 2 aliphatic heterocycles. The summed E-state index contributed by atoms with van der Waals surface area (Å²) in [7, 11) is 0. The van der Waals surface area contributed by atoms with Gasteiger partial charge in [0.15, 0.2) is 17.2 Å². The van der Waals surface area contributed by atoms with Gasteiger partial charge in [-0.25, -0.2) is 10.1 Å². The van der Waals surface area contributed by atoms with Crippen molar-refractivity contribution < 1.29 is 18.9 Å². The lowest BCUT2D eigenvalue weighted by molar-refractivity contribution is 0.0945. The van der Waals surface area contributed by atoms with Gasteiger partial charge in [0.05, 0.1) is 11.9 Å². The molecule has 2 aliphatic rings. The largest absolute Gasteiger partial charge is 0.454 e. The van der Waals surface area contributed by atoms with Gasteiger partial charge in [-0.1, -0.05) is 11.6 Å². The number of hydrogen-bond donors (Lipinski definition) is 2. The molecule has 1 saturated heterocycles. The Balaban J connectivity index is 1.37. The predicted octanol–water partition coefficient (Wildman–Crippen LogP) is 1.10. The zero-order chi connectivity index (χ0) is 22.8. The number of nitrogens with two attached hydrogens (primary N) is 1. The molecule has 172 valence electrons. The van der Waals surface area contributed by atoms with E-state index in [0.29, 0.717) is 29.8 Å². The summed E-state index contributed by atoms with van der Waals surface area (Å²) in [5.41, 5.74) is 9.76. The van der Waals surface area contributed by atoms with Gasteiger partial charge in [-0.15, -0.1) is 5.10 Å². The Morgan fingerprint density at radius 2 is 2.18 bits per heavy atom. The first-order valence-electron chi connectivity index (χ1n) is 10.6. The van der Waals surface area contributed by atoms with Crippen molar-refractivity contribution in [3.63, 3.8) is 0 Å². The van der Waals surface area contributed by atoms with Gasteiger partial charge < -0.3 is 15.2 Å². The maximum Gasteiger partial charge on any atom is 0.293 e. The second-order valence-electron chi connectivity index (χ2n) is 7.90. The molecule has 33 heavy (non-hydrogen) atoms. The van der Waals surface area contributed by atoms with Gasteiger partial charge >= 0.3 is 0 Å². The number of benzene rings is 1. The number of rotatable bonds is 6. The Labute approximate surface area is 188 Å². The number of fused-ring (bicyclic) bond motifs is 1. The standard InChI is InChI=1S/C20H23N9O4/c1-12-4-2-3-7-28(12)10-14-17(23-27-29(14)19-18(21)25-33-26-19)20(30)24-22-9-13-5-6-15-16(8-13)32-11-31-15/h5-6,8-9,12H,2-4,7,10-11H2,1H3,(H2,21,25)(H,24,30)/b22-9+/t12-/m1/s1. The fourth-order valence-electron chi connectivity index (χ4n) is 3.92. The van der Waals surface area contributed by atoms with Crippen molar-refractivity contribution in [2.75, 3.05) is 19.1 Å². The highest BCUT2D eigenvalue weighted by Gasteiger charge is 2.28. The van der Waals surface area contributed by atoms with Gasteiger partial charge in [0.25, 0.3) is 5.91 Å². The monoisotopic (exact) mass is 453 g/mol. The van der Waals surface area contributed by atoms with E-state index in [-0.39, 0.29) is 24.1 Å². The van der Waals surface area contributed by atoms with Crippen LogP contribution in [0.3, 0.4) is 0 Å². The summed E-state index contributed by atoms with van der Waals surface area (Å²) in [6.07, 6.45) is 4.85. The number of hydrogen-bond acceptors (Lipinski definition) is 11. The van der Waals surface area contributed by atoms with E-state index in [1.54, 1.807) is 12.1 Å². The van der Waals surface area contributed by atoms with Crippen molar-refractivity contribution in [1.29, 1.82) is 0 Å². The average molecular weight is 453 g/mol. The average Bonchev–Trinajstić information content (AvgIpc) is 3.54. The fourth-order valence-corrected chi connectivity index (χ4v) is 3.92. The summed E-state index contributed by atoms with van der Waals surface area (Å²) in [5, 5.41) is 19.6. The van der Waals surface area contributed by atoms with E-state index < -0.39 is 5.91 Å². The van der Waals surface area contributed by atoms with Crippen LogP contribution in [0, 0.1) is 0 Å². The highest BCUT2D eigenvalue weighted by molar-refractivity contribution is 5.94. The molecule has 1 aromatic carbocycles. The molecule has 13 heteroatoms. The van der Waals surface area contributed by atoms with E-state index in [1.807, 2.05) is 6.07 Å². The van der Waals surface area contributed by atoms with Crippen LogP contribution in [-0.2, 0) is 6.54 Å². The molecule has 3 N–H and O–H groups in total. The molecule has 0 bridgehead atoms. The number of piperidine rings is 1. The first kappa shape index (κ1) is 20.9. The predicted molar refractivity (Wildman–Crippen MR) is 115 cm³/mol. The summed E-state index contributed by atoms with van der Waals surface area (Å²) in [6, 6.07) is 5.72. The second kappa shape index (κ2) is 8.86. The number of hydrazone groups is 1. The smallest absolute Gasteiger partial charge is 0.293 e. The van der Waals surface area contributed by atoms with Crippen LogP contribution >= 0.6 is 0 Å². The van der Waals surface area contributed by atoms with E-state index in [9.17, 15) is 4.79 Å². The lowest BCUT2D eigenvalue weighted by atomic mass is 10.0. The molecular formula is C20H23N9O4. The Hall–Kier alpha value is -4.00. The molecule has 1 fully saturated rings. The highest BCUT2D eigenvalue weighted by Crippen LogP contribution is 2.32. The molecule has 4 heterocycles. The van der Waals surface area contributed by atoms with E-state index in [0.717, 1.165) is 24.9 Å². The van der Waals surface area contributed by atoms with E-state index >= 15 is 0 Å². The third kappa shape index (κ3) is 4.22. The molecular weight excluding hydrogens is 430 g/mol. The number of anilines is 1. The normalized spacial score (nSPS) is 18.2. The molecule has 1 atom stereocenters. The summed E-state index contributed by atoms with van der Waals surface area (Å²) >= 11 is 0. The van der Waals surface area contributed by atoms with Crippen LogP contribution in [0.2, 0.25) is 0 Å². The lowest BCUT2D eigenvalue weighted by Gasteiger charge is -2.33. The minimum atomic E-state index is -0.507. The number of nitrogens with zero attached hydrogens (tertiary/aromatic N) is 7. The van der Waals surface area contributed by atoms with Crippen LogP contribution in [-0.4, -0.2) is 61.7 Å².